The Labute approximate surface area is 112 Å². The van der Waals surface area contributed by atoms with E-state index in [2.05, 4.69) is 32.2 Å². The van der Waals surface area contributed by atoms with Gasteiger partial charge in [0.2, 0.25) is 0 Å². The molecule has 17 heavy (non-hydrogen) atoms. The number of hydrogen-bond acceptors (Lipinski definition) is 4. The summed E-state index contributed by atoms with van der Waals surface area (Å²) in [4.78, 5) is 0. The molecule has 1 aromatic carbocycles. The summed E-state index contributed by atoms with van der Waals surface area (Å²) in [6.45, 7) is 0. The summed E-state index contributed by atoms with van der Waals surface area (Å²) in [7, 11) is 0. The molecule has 0 atom stereocenters. The first-order valence-electron chi connectivity index (χ1n) is 4.89. The molecular formula is C12H8BrN3S. The van der Waals surface area contributed by atoms with E-state index in [0.29, 0.717) is 5.75 Å². The molecule has 2 aromatic rings. The maximum absolute atomic E-state index is 8.46. The molecule has 5 heteroatoms. The predicted octanol–water partition coefficient (Wildman–Crippen LogP) is 3.52. The fourth-order valence-electron chi connectivity index (χ4n) is 1.28. The lowest BCUT2D eigenvalue weighted by Crippen LogP contribution is -1.89. The second kappa shape index (κ2) is 5.80. The standard InChI is InChI=1S/C12H8BrN3S/c13-10-3-1-9(2-4-10)11-5-6-12(16-15-11)17-8-7-14/h1-6H,8H2. The van der Waals surface area contributed by atoms with Crippen molar-refractivity contribution in [2.45, 2.75) is 5.03 Å². The Balaban J connectivity index is 2.18. The van der Waals surface area contributed by atoms with Crippen LogP contribution in [0.15, 0.2) is 45.9 Å². The molecule has 0 saturated carbocycles. The van der Waals surface area contributed by atoms with Crippen LogP contribution in [0.4, 0.5) is 0 Å². The Morgan fingerprint density at radius 2 is 1.88 bits per heavy atom. The Kier molecular flexibility index (Phi) is 4.13. The zero-order chi connectivity index (χ0) is 12.1. The minimum atomic E-state index is 0.395. The van der Waals surface area contributed by atoms with E-state index in [1.54, 1.807) is 0 Å². The molecule has 0 bridgehead atoms. The summed E-state index contributed by atoms with van der Waals surface area (Å²) >= 11 is 4.77. The van der Waals surface area contributed by atoms with E-state index in [9.17, 15) is 0 Å². The van der Waals surface area contributed by atoms with Crippen LogP contribution in [0.5, 0.6) is 0 Å². The highest BCUT2D eigenvalue weighted by atomic mass is 79.9. The molecule has 0 fully saturated rings. The van der Waals surface area contributed by atoms with E-state index < -0.39 is 0 Å². The van der Waals surface area contributed by atoms with Gasteiger partial charge in [-0.15, -0.1) is 10.2 Å². The molecular weight excluding hydrogens is 298 g/mol. The first kappa shape index (κ1) is 12.1. The number of halogens is 1. The first-order chi connectivity index (χ1) is 8.29. The number of benzene rings is 1. The van der Waals surface area contributed by atoms with Crippen molar-refractivity contribution >= 4 is 27.7 Å². The van der Waals surface area contributed by atoms with Gasteiger partial charge in [0.15, 0.2) is 0 Å². The van der Waals surface area contributed by atoms with Gasteiger partial charge in [0.25, 0.3) is 0 Å². The maximum atomic E-state index is 8.46. The number of rotatable bonds is 3. The van der Waals surface area contributed by atoms with Crippen molar-refractivity contribution in [3.63, 3.8) is 0 Å². The number of aromatic nitrogens is 2. The molecule has 1 aromatic heterocycles. The molecule has 0 aliphatic carbocycles. The van der Waals surface area contributed by atoms with Gasteiger partial charge < -0.3 is 0 Å². The molecule has 0 N–H and O–H groups in total. The highest BCUT2D eigenvalue weighted by Gasteiger charge is 2.01. The number of thioether (sulfide) groups is 1. The minimum absolute atomic E-state index is 0.395. The number of hydrogen-bond donors (Lipinski definition) is 0. The van der Waals surface area contributed by atoms with Crippen molar-refractivity contribution in [1.82, 2.24) is 10.2 Å². The van der Waals surface area contributed by atoms with Gasteiger partial charge in [0.1, 0.15) is 5.03 Å². The second-order valence-corrected chi connectivity index (χ2v) is 5.12. The van der Waals surface area contributed by atoms with Gasteiger partial charge in [-0.3, -0.25) is 0 Å². The van der Waals surface area contributed by atoms with Crippen LogP contribution in [-0.2, 0) is 0 Å². The molecule has 0 saturated heterocycles. The average Bonchev–Trinajstić information content (AvgIpc) is 2.38. The molecule has 1 heterocycles. The molecule has 0 spiro atoms. The third kappa shape index (κ3) is 3.29. The van der Waals surface area contributed by atoms with Crippen LogP contribution in [0, 0.1) is 11.3 Å². The highest BCUT2D eigenvalue weighted by molar-refractivity contribution is 9.10. The Hall–Kier alpha value is -1.38. The summed E-state index contributed by atoms with van der Waals surface area (Å²) in [5.41, 5.74) is 1.86. The van der Waals surface area contributed by atoms with Crippen molar-refractivity contribution in [3.05, 3.63) is 40.9 Å². The molecule has 0 radical (unpaired) electrons. The molecule has 3 nitrogen and oxygen atoms in total. The smallest absolute Gasteiger partial charge is 0.120 e. The molecule has 0 aliphatic heterocycles. The van der Waals surface area contributed by atoms with Crippen LogP contribution in [0.2, 0.25) is 0 Å². The van der Waals surface area contributed by atoms with E-state index in [-0.39, 0.29) is 0 Å². The average molecular weight is 306 g/mol. The fraction of sp³-hybridized carbons (Fsp3) is 0.0833. The van der Waals surface area contributed by atoms with Crippen LogP contribution in [0.25, 0.3) is 11.3 Å². The van der Waals surface area contributed by atoms with Crippen LogP contribution >= 0.6 is 27.7 Å². The Morgan fingerprint density at radius 3 is 2.47 bits per heavy atom. The van der Waals surface area contributed by atoms with E-state index in [1.807, 2.05) is 36.4 Å². The normalized spacial score (nSPS) is 9.88. The third-order valence-corrected chi connectivity index (χ3v) is 3.38. The lowest BCUT2D eigenvalue weighted by atomic mass is 10.1. The van der Waals surface area contributed by atoms with Crippen molar-refractivity contribution in [2.75, 3.05) is 5.75 Å². The van der Waals surface area contributed by atoms with Crippen LogP contribution in [0.3, 0.4) is 0 Å². The van der Waals surface area contributed by atoms with Crippen LogP contribution in [-0.4, -0.2) is 16.0 Å². The van der Waals surface area contributed by atoms with Gasteiger partial charge >= 0.3 is 0 Å². The Bertz CT molecular complexity index is 531. The predicted molar refractivity (Wildman–Crippen MR) is 71.5 cm³/mol. The van der Waals surface area contributed by atoms with Gasteiger partial charge in [-0.05, 0) is 24.3 Å². The third-order valence-electron chi connectivity index (χ3n) is 2.06. The summed E-state index contributed by atoms with van der Waals surface area (Å²) in [6.07, 6.45) is 0. The summed E-state index contributed by atoms with van der Waals surface area (Å²) in [5.74, 6) is 0.395. The topological polar surface area (TPSA) is 49.6 Å². The Morgan fingerprint density at radius 1 is 1.12 bits per heavy atom. The zero-order valence-corrected chi connectivity index (χ0v) is 11.2. The summed E-state index contributed by atoms with van der Waals surface area (Å²) in [6, 6.07) is 13.8. The monoisotopic (exact) mass is 305 g/mol. The quantitative estimate of drug-likeness (QED) is 0.814. The summed E-state index contributed by atoms with van der Waals surface area (Å²) < 4.78 is 1.04. The molecule has 0 aliphatic rings. The zero-order valence-electron chi connectivity index (χ0n) is 8.80. The fourth-order valence-corrected chi connectivity index (χ4v) is 2.02. The lowest BCUT2D eigenvalue weighted by Gasteiger charge is -2.01. The largest absolute Gasteiger partial charge is 0.197 e. The van der Waals surface area contributed by atoms with Crippen molar-refractivity contribution in [3.8, 4) is 17.3 Å². The van der Waals surface area contributed by atoms with Crippen LogP contribution in [0.1, 0.15) is 0 Å². The maximum Gasteiger partial charge on any atom is 0.120 e. The minimum Gasteiger partial charge on any atom is -0.197 e. The van der Waals surface area contributed by atoms with Gasteiger partial charge in [-0.2, -0.15) is 5.26 Å². The van der Waals surface area contributed by atoms with E-state index in [4.69, 9.17) is 5.26 Å². The second-order valence-electron chi connectivity index (χ2n) is 3.21. The van der Waals surface area contributed by atoms with Crippen molar-refractivity contribution < 1.29 is 0 Å². The number of nitriles is 1. The number of nitrogens with zero attached hydrogens (tertiary/aromatic N) is 3. The summed E-state index contributed by atoms with van der Waals surface area (Å²) in [5, 5.41) is 17.4. The first-order valence-corrected chi connectivity index (χ1v) is 6.67. The molecule has 0 amide bonds. The lowest BCUT2D eigenvalue weighted by molar-refractivity contribution is 0.937. The van der Waals surface area contributed by atoms with Gasteiger partial charge in [0.05, 0.1) is 17.5 Å². The molecule has 2 rings (SSSR count). The van der Waals surface area contributed by atoms with Crippen LogP contribution < -0.4 is 0 Å². The van der Waals surface area contributed by atoms with Gasteiger partial charge in [-0.1, -0.05) is 39.8 Å². The van der Waals surface area contributed by atoms with E-state index in [0.717, 1.165) is 20.8 Å². The van der Waals surface area contributed by atoms with Gasteiger partial charge in [0, 0.05) is 10.0 Å². The van der Waals surface area contributed by atoms with Gasteiger partial charge in [-0.25, -0.2) is 0 Å². The van der Waals surface area contributed by atoms with E-state index in [1.165, 1.54) is 11.8 Å². The molecule has 84 valence electrons. The molecule has 0 unspecified atom stereocenters. The van der Waals surface area contributed by atoms with E-state index >= 15 is 0 Å². The SMILES string of the molecule is N#CCSc1ccc(-c2ccc(Br)cc2)nn1. The van der Waals surface area contributed by atoms with Crippen molar-refractivity contribution in [1.29, 1.82) is 5.26 Å². The van der Waals surface area contributed by atoms with Crippen molar-refractivity contribution in [2.24, 2.45) is 0 Å². The highest BCUT2D eigenvalue weighted by Crippen LogP contribution is 2.21.